The second-order valence-electron chi connectivity index (χ2n) is 7.21. The van der Waals surface area contributed by atoms with Crippen LogP contribution < -0.4 is 5.32 Å². The zero-order valence-corrected chi connectivity index (χ0v) is 16.5. The van der Waals surface area contributed by atoms with Crippen molar-refractivity contribution in [2.75, 3.05) is 32.7 Å². The number of benzene rings is 2. The highest BCUT2D eigenvalue weighted by Gasteiger charge is 2.22. The number of hydrogen-bond acceptors (Lipinski definition) is 4. The molecule has 3 rings (SSSR count). The smallest absolute Gasteiger partial charge is 0.234 e. The summed E-state index contributed by atoms with van der Waals surface area (Å²) in [6.07, 6.45) is 0.455. The molecule has 152 valence electrons. The highest BCUT2D eigenvalue weighted by Crippen LogP contribution is 2.09. The van der Waals surface area contributed by atoms with E-state index >= 15 is 0 Å². The van der Waals surface area contributed by atoms with Gasteiger partial charge in [-0.25, -0.2) is 0 Å². The number of ketones is 1. The Labute approximate surface area is 171 Å². The van der Waals surface area contributed by atoms with E-state index in [1.807, 2.05) is 48.5 Å². The number of rotatable bonds is 8. The number of piperazine rings is 1. The van der Waals surface area contributed by atoms with Crippen molar-refractivity contribution in [1.82, 2.24) is 15.1 Å². The first kappa shape index (κ1) is 20.7. The standard InChI is InChI=1S/C23H27N3O3/c27-21(20-9-5-2-6-10-20)11-12-23(29)26-15-13-25(14-16-26)18-22(28)24-17-19-7-3-1-4-8-19/h1-10H,11-18H2,(H,24,28). The lowest BCUT2D eigenvalue weighted by molar-refractivity contribution is -0.133. The van der Waals surface area contributed by atoms with Gasteiger partial charge in [0.15, 0.2) is 5.78 Å². The second kappa shape index (κ2) is 10.5. The minimum Gasteiger partial charge on any atom is -0.351 e. The molecule has 2 aromatic rings. The van der Waals surface area contributed by atoms with Crippen molar-refractivity contribution in [2.24, 2.45) is 0 Å². The predicted octanol–water partition coefficient (Wildman–Crippen LogP) is 2.11. The summed E-state index contributed by atoms with van der Waals surface area (Å²) in [7, 11) is 0. The molecule has 0 aromatic heterocycles. The Balaban J connectivity index is 1.34. The van der Waals surface area contributed by atoms with Crippen LogP contribution in [0, 0.1) is 0 Å². The lowest BCUT2D eigenvalue weighted by Crippen LogP contribution is -2.51. The first-order chi connectivity index (χ1) is 14.1. The molecule has 0 spiro atoms. The van der Waals surface area contributed by atoms with Crippen molar-refractivity contribution in [3.63, 3.8) is 0 Å². The molecule has 6 heteroatoms. The predicted molar refractivity (Wildman–Crippen MR) is 111 cm³/mol. The van der Waals surface area contributed by atoms with Gasteiger partial charge in [-0.3, -0.25) is 19.3 Å². The van der Waals surface area contributed by atoms with Gasteiger partial charge in [0.1, 0.15) is 0 Å². The van der Waals surface area contributed by atoms with Gasteiger partial charge in [-0.1, -0.05) is 60.7 Å². The molecule has 0 radical (unpaired) electrons. The van der Waals surface area contributed by atoms with E-state index in [1.165, 1.54) is 0 Å². The Morgan fingerprint density at radius 2 is 1.41 bits per heavy atom. The number of hydrogen-bond donors (Lipinski definition) is 1. The third-order valence-electron chi connectivity index (χ3n) is 5.09. The lowest BCUT2D eigenvalue weighted by Gasteiger charge is -2.34. The monoisotopic (exact) mass is 393 g/mol. The number of carbonyl (C=O) groups excluding carboxylic acids is 3. The van der Waals surface area contributed by atoms with Gasteiger partial charge in [0, 0.05) is 51.1 Å². The maximum absolute atomic E-state index is 12.4. The molecule has 2 amide bonds. The van der Waals surface area contributed by atoms with Crippen LogP contribution in [0.5, 0.6) is 0 Å². The fraction of sp³-hybridized carbons (Fsp3) is 0.348. The topological polar surface area (TPSA) is 69.7 Å². The average molecular weight is 393 g/mol. The van der Waals surface area contributed by atoms with Crippen molar-refractivity contribution in [2.45, 2.75) is 19.4 Å². The van der Waals surface area contributed by atoms with Gasteiger partial charge in [0.2, 0.25) is 11.8 Å². The summed E-state index contributed by atoms with van der Waals surface area (Å²) in [5.41, 5.74) is 1.72. The van der Waals surface area contributed by atoms with E-state index in [1.54, 1.807) is 17.0 Å². The summed E-state index contributed by atoms with van der Waals surface area (Å²) in [5.74, 6) is -0.0165. The maximum Gasteiger partial charge on any atom is 0.234 e. The number of carbonyl (C=O) groups is 3. The van der Waals surface area contributed by atoms with Crippen LogP contribution in [0.4, 0.5) is 0 Å². The van der Waals surface area contributed by atoms with Crippen molar-refractivity contribution in [3.8, 4) is 0 Å². The molecule has 1 saturated heterocycles. The van der Waals surface area contributed by atoms with Crippen LogP contribution in [0.2, 0.25) is 0 Å². The molecule has 0 aliphatic carbocycles. The molecule has 29 heavy (non-hydrogen) atoms. The zero-order chi connectivity index (χ0) is 20.5. The number of Topliss-reactive ketones (excluding diaryl/α,β-unsaturated/α-hetero) is 1. The minimum atomic E-state index is -0.0120. The Morgan fingerprint density at radius 3 is 2.07 bits per heavy atom. The van der Waals surface area contributed by atoms with E-state index in [-0.39, 0.29) is 30.4 Å². The molecule has 0 bridgehead atoms. The van der Waals surface area contributed by atoms with Crippen molar-refractivity contribution in [1.29, 1.82) is 0 Å². The van der Waals surface area contributed by atoms with Crippen LogP contribution in [0.3, 0.4) is 0 Å². The molecule has 1 aliphatic rings. The van der Waals surface area contributed by atoms with Gasteiger partial charge in [0.05, 0.1) is 6.54 Å². The number of nitrogens with one attached hydrogen (secondary N) is 1. The van der Waals surface area contributed by atoms with Gasteiger partial charge >= 0.3 is 0 Å². The first-order valence-corrected chi connectivity index (χ1v) is 10.0. The maximum atomic E-state index is 12.4. The van der Waals surface area contributed by atoms with E-state index < -0.39 is 0 Å². The second-order valence-corrected chi connectivity index (χ2v) is 7.21. The van der Waals surface area contributed by atoms with Crippen molar-refractivity contribution in [3.05, 3.63) is 71.8 Å². The van der Waals surface area contributed by atoms with Gasteiger partial charge in [-0.15, -0.1) is 0 Å². The number of amides is 2. The molecule has 1 fully saturated rings. The lowest BCUT2D eigenvalue weighted by atomic mass is 10.1. The van der Waals surface area contributed by atoms with Gasteiger partial charge in [-0.05, 0) is 5.56 Å². The summed E-state index contributed by atoms with van der Waals surface area (Å²) < 4.78 is 0. The van der Waals surface area contributed by atoms with Gasteiger partial charge in [-0.2, -0.15) is 0 Å². The minimum absolute atomic E-state index is 0.00228. The van der Waals surface area contributed by atoms with Crippen LogP contribution in [-0.4, -0.2) is 60.1 Å². The molecule has 0 saturated carbocycles. The first-order valence-electron chi connectivity index (χ1n) is 10.0. The molecule has 0 unspecified atom stereocenters. The summed E-state index contributed by atoms with van der Waals surface area (Å²) >= 11 is 0. The van der Waals surface area contributed by atoms with E-state index in [4.69, 9.17) is 0 Å². The SMILES string of the molecule is O=C(CN1CCN(C(=O)CCC(=O)c2ccccc2)CC1)NCc1ccccc1. The van der Waals surface area contributed by atoms with Crippen LogP contribution in [-0.2, 0) is 16.1 Å². The van der Waals surface area contributed by atoms with Crippen molar-refractivity contribution >= 4 is 17.6 Å². The Hall–Kier alpha value is -2.99. The third kappa shape index (κ3) is 6.54. The fourth-order valence-corrected chi connectivity index (χ4v) is 3.36. The van der Waals surface area contributed by atoms with E-state index in [9.17, 15) is 14.4 Å². The molecule has 2 aromatic carbocycles. The molecular formula is C23H27N3O3. The summed E-state index contributed by atoms with van der Waals surface area (Å²) in [6.45, 7) is 3.36. The number of nitrogens with zero attached hydrogens (tertiary/aromatic N) is 2. The molecule has 1 N–H and O–H groups in total. The Kier molecular flexibility index (Phi) is 7.53. The normalized spacial score (nSPS) is 14.4. The average Bonchev–Trinajstić information content (AvgIpc) is 2.77. The zero-order valence-electron chi connectivity index (χ0n) is 16.5. The highest BCUT2D eigenvalue weighted by atomic mass is 16.2. The van der Waals surface area contributed by atoms with Gasteiger partial charge < -0.3 is 10.2 Å². The van der Waals surface area contributed by atoms with Crippen LogP contribution in [0.15, 0.2) is 60.7 Å². The molecular weight excluding hydrogens is 366 g/mol. The summed E-state index contributed by atoms with van der Waals surface area (Å²) in [6, 6.07) is 18.9. The highest BCUT2D eigenvalue weighted by molar-refractivity contribution is 5.97. The van der Waals surface area contributed by atoms with Crippen LogP contribution in [0.1, 0.15) is 28.8 Å². The summed E-state index contributed by atoms with van der Waals surface area (Å²) in [5, 5.41) is 2.93. The Morgan fingerprint density at radius 1 is 0.793 bits per heavy atom. The Bertz CT molecular complexity index is 816. The third-order valence-corrected chi connectivity index (χ3v) is 5.09. The molecule has 1 heterocycles. The van der Waals surface area contributed by atoms with E-state index in [0.29, 0.717) is 44.8 Å². The van der Waals surface area contributed by atoms with Crippen LogP contribution >= 0.6 is 0 Å². The van der Waals surface area contributed by atoms with Crippen LogP contribution in [0.25, 0.3) is 0 Å². The molecule has 6 nitrogen and oxygen atoms in total. The largest absolute Gasteiger partial charge is 0.351 e. The fourth-order valence-electron chi connectivity index (χ4n) is 3.36. The quantitative estimate of drug-likeness (QED) is 0.698. The van der Waals surface area contributed by atoms with E-state index in [0.717, 1.165) is 5.56 Å². The van der Waals surface area contributed by atoms with E-state index in [2.05, 4.69) is 10.2 Å². The van der Waals surface area contributed by atoms with Crippen molar-refractivity contribution < 1.29 is 14.4 Å². The summed E-state index contributed by atoms with van der Waals surface area (Å²) in [4.78, 5) is 40.5. The molecule has 1 aliphatic heterocycles. The van der Waals surface area contributed by atoms with Gasteiger partial charge in [0.25, 0.3) is 0 Å². The molecule has 0 atom stereocenters.